The Bertz CT molecular complexity index is 1970. The zero-order valence-electron chi connectivity index (χ0n) is 24.0. The number of carbonyl (C=O) groups excluding carboxylic acids is 1. The molecule has 2 aromatic carbocycles. The molecule has 3 N–H and O–H groups in total. The fourth-order valence-corrected chi connectivity index (χ4v) is 5.20. The Labute approximate surface area is 260 Å². The topological polar surface area (TPSA) is 109 Å². The minimum Gasteiger partial charge on any atom is -0.480 e. The number of carboxylic acids is 1. The van der Waals surface area contributed by atoms with Crippen LogP contribution >= 0.6 is 0 Å². The molecule has 47 heavy (non-hydrogen) atoms. The largest absolute Gasteiger partial charge is 0.480 e. The highest BCUT2D eigenvalue weighted by Crippen LogP contribution is 2.41. The molecular formula is C31H23F8N5O3. The fraction of sp³-hybridized carbons (Fsp3) is 0.226. The van der Waals surface area contributed by atoms with Crippen LogP contribution in [0, 0.1) is 11.6 Å². The summed E-state index contributed by atoms with van der Waals surface area (Å²) in [4.78, 5) is 33.2. The lowest BCUT2D eigenvalue weighted by Gasteiger charge is -2.22. The van der Waals surface area contributed by atoms with Gasteiger partial charge in [-0.3, -0.25) is 9.78 Å². The van der Waals surface area contributed by atoms with Crippen molar-refractivity contribution in [2.75, 3.05) is 5.32 Å². The number of hydrogen-bond donors (Lipinski definition) is 3. The first-order chi connectivity index (χ1) is 22.1. The Morgan fingerprint density at radius 3 is 2.28 bits per heavy atom. The van der Waals surface area contributed by atoms with Crippen molar-refractivity contribution in [2.24, 2.45) is 0 Å². The molecule has 16 heteroatoms. The van der Waals surface area contributed by atoms with Gasteiger partial charge in [-0.2, -0.15) is 26.3 Å². The molecule has 5 rings (SSSR count). The number of halogens is 8. The van der Waals surface area contributed by atoms with Gasteiger partial charge in [-0.1, -0.05) is 31.2 Å². The molecule has 8 nitrogen and oxygen atoms in total. The highest BCUT2D eigenvalue weighted by Gasteiger charge is 2.39. The smallest absolute Gasteiger partial charge is 0.419 e. The summed E-state index contributed by atoms with van der Waals surface area (Å²) in [6.45, 7) is 1.21. The molecule has 246 valence electrons. The number of rotatable bonds is 9. The van der Waals surface area contributed by atoms with Crippen molar-refractivity contribution in [1.29, 1.82) is 0 Å². The zero-order valence-corrected chi connectivity index (χ0v) is 24.0. The monoisotopic (exact) mass is 665 g/mol. The Morgan fingerprint density at radius 1 is 0.979 bits per heavy atom. The van der Waals surface area contributed by atoms with E-state index in [9.17, 15) is 49.8 Å². The van der Waals surface area contributed by atoms with E-state index >= 15 is 0 Å². The molecule has 2 atom stereocenters. The maximum absolute atomic E-state index is 14.8. The molecule has 0 fully saturated rings. The lowest BCUT2D eigenvalue weighted by Crippen LogP contribution is -2.43. The number of fused-ring (bicyclic) bond motifs is 2. The van der Waals surface area contributed by atoms with E-state index < -0.39 is 83.3 Å². The first-order valence-electron chi connectivity index (χ1n) is 13.9. The average Bonchev–Trinajstić information content (AvgIpc) is 3.48. The van der Waals surface area contributed by atoms with Crippen LogP contribution in [0.25, 0.3) is 27.7 Å². The molecule has 0 aliphatic heterocycles. The van der Waals surface area contributed by atoms with Gasteiger partial charge in [0.25, 0.3) is 5.91 Å². The Balaban J connectivity index is 1.45. The molecule has 1 amide bonds. The number of imidazole rings is 1. The molecule has 0 bridgehead atoms. The molecule has 3 aromatic heterocycles. The number of aromatic nitrogens is 3. The van der Waals surface area contributed by atoms with Crippen LogP contribution in [-0.4, -0.2) is 49.6 Å². The number of benzene rings is 2. The number of aliphatic carboxylic acids is 1. The van der Waals surface area contributed by atoms with E-state index in [0.29, 0.717) is 12.1 Å². The summed E-state index contributed by atoms with van der Waals surface area (Å²) in [5.74, 6) is -6.22. The van der Waals surface area contributed by atoms with Crippen molar-refractivity contribution in [1.82, 2.24) is 19.7 Å². The number of alkyl halides is 6. The third kappa shape index (κ3) is 6.66. The van der Waals surface area contributed by atoms with Crippen molar-refractivity contribution < 1.29 is 49.8 Å². The molecule has 3 heterocycles. The van der Waals surface area contributed by atoms with Crippen LogP contribution in [-0.2, 0) is 17.4 Å². The summed E-state index contributed by atoms with van der Waals surface area (Å²) in [6.07, 6.45) is -6.62. The number of pyridine rings is 2. The highest BCUT2D eigenvalue weighted by atomic mass is 19.4. The standard InChI is InChI=1S/C31H23F8N5O3/c1-2-23(30(34,35)36)42-16-11-20(32)24(21(33)12-16)28(45)43-22(29(46)47)13-17-7-8-19(27-40-9-10-44(17)27)26-25(31(37,38)39)18-6-4-3-5-15(18)14-41-26/h3-12,14,22-23,42H,2,13H2,1H3,(H,43,45)(H,46,47). The number of anilines is 1. The maximum Gasteiger partial charge on any atom is 0.419 e. The van der Waals surface area contributed by atoms with Gasteiger partial charge in [0.2, 0.25) is 0 Å². The van der Waals surface area contributed by atoms with Gasteiger partial charge in [0, 0.05) is 47.3 Å². The predicted octanol–water partition coefficient (Wildman–Crippen LogP) is 7.03. The molecule has 2 unspecified atom stereocenters. The third-order valence-electron chi connectivity index (χ3n) is 7.40. The quantitative estimate of drug-likeness (QED) is 0.146. The van der Waals surface area contributed by atoms with E-state index in [1.165, 1.54) is 60.2 Å². The molecule has 0 spiro atoms. The second kappa shape index (κ2) is 12.5. The maximum atomic E-state index is 14.8. The van der Waals surface area contributed by atoms with E-state index in [1.807, 2.05) is 10.6 Å². The van der Waals surface area contributed by atoms with Crippen LogP contribution < -0.4 is 10.6 Å². The molecular weight excluding hydrogens is 642 g/mol. The van der Waals surface area contributed by atoms with E-state index in [2.05, 4.69) is 9.97 Å². The Hall–Kier alpha value is -5.28. The van der Waals surface area contributed by atoms with Gasteiger partial charge < -0.3 is 20.1 Å². The molecule has 5 aromatic rings. The number of amides is 1. The number of carboxylic acid groups (broad SMARTS) is 1. The zero-order chi connectivity index (χ0) is 34.3. The second-order valence-corrected chi connectivity index (χ2v) is 10.5. The van der Waals surface area contributed by atoms with Gasteiger partial charge in [0.15, 0.2) is 0 Å². The number of nitrogens with one attached hydrogen (secondary N) is 2. The average molecular weight is 666 g/mol. The Kier molecular flexibility index (Phi) is 8.79. The van der Waals surface area contributed by atoms with Crippen molar-refractivity contribution in [3.63, 3.8) is 0 Å². The van der Waals surface area contributed by atoms with E-state index in [1.54, 1.807) is 6.07 Å². The summed E-state index contributed by atoms with van der Waals surface area (Å²) in [6, 6.07) is 5.39. The van der Waals surface area contributed by atoms with Gasteiger partial charge in [0.1, 0.15) is 34.9 Å². The lowest BCUT2D eigenvalue weighted by atomic mass is 9.99. The fourth-order valence-electron chi connectivity index (χ4n) is 5.20. The van der Waals surface area contributed by atoms with E-state index in [4.69, 9.17) is 0 Å². The minimum absolute atomic E-state index is 0.0179. The minimum atomic E-state index is -4.81. The van der Waals surface area contributed by atoms with Crippen LogP contribution in [0.5, 0.6) is 0 Å². The van der Waals surface area contributed by atoms with Gasteiger partial charge in [-0.25, -0.2) is 18.6 Å². The summed E-state index contributed by atoms with van der Waals surface area (Å²) < 4.78 is 113. The molecule has 0 aliphatic rings. The van der Waals surface area contributed by atoms with Crippen molar-refractivity contribution >= 4 is 34.0 Å². The molecule has 0 radical (unpaired) electrons. The second-order valence-electron chi connectivity index (χ2n) is 10.5. The summed E-state index contributed by atoms with van der Waals surface area (Å²) in [5, 5.41) is 13.9. The van der Waals surface area contributed by atoms with E-state index in [0.717, 1.165) is 0 Å². The van der Waals surface area contributed by atoms with Gasteiger partial charge >= 0.3 is 18.3 Å². The Morgan fingerprint density at radius 2 is 1.66 bits per heavy atom. The van der Waals surface area contributed by atoms with Crippen molar-refractivity contribution in [3.8, 4) is 11.3 Å². The van der Waals surface area contributed by atoms with Crippen molar-refractivity contribution in [2.45, 2.75) is 44.2 Å². The predicted molar refractivity (Wildman–Crippen MR) is 154 cm³/mol. The van der Waals surface area contributed by atoms with Gasteiger partial charge in [0.05, 0.1) is 11.3 Å². The first kappa shape index (κ1) is 33.1. The van der Waals surface area contributed by atoms with E-state index in [-0.39, 0.29) is 27.7 Å². The number of nitrogens with zero attached hydrogens (tertiary/aromatic N) is 3. The summed E-state index contributed by atoms with van der Waals surface area (Å²) in [7, 11) is 0. The molecule has 0 saturated carbocycles. The highest BCUT2D eigenvalue weighted by molar-refractivity contribution is 5.97. The van der Waals surface area contributed by atoms with Crippen LogP contribution in [0.1, 0.15) is 35.0 Å². The molecule has 0 aliphatic carbocycles. The van der Waals surface area contributed by atoms with Gasteiger partial charge in [-0.15, -0.1) is 0 Å². The van der Waals surface area contributed by atoms with Crippen molar-refractivity contribution in [3.05, 3.63) is 95.6 Å². The van der Waals surface area contributed by atoms with Crippen LogP contribution in [0.2, 0.25) is 0 Å². The van der Waals surface area contributed by atoms with Gasteiger partial charge in [-0.05, 0) is 36.1 Å². The summed E-state index contributed by atoms with van der Waals surface area (Å²) in [5.41, 5.74) is -3.15. The lowest BCUT2D eigenvalue weighted by molar-refractivity contribution is -0.143. The number of hydrogen-bond acceptors (Lipinski definition) is 5. The van der Waals surface area contributed by atoms with Crippen LogP contribution in [0.3, 0.4) is 0 Å². The van der Waals surface area contributed by atoms with Crippen LogP contribution in [0.15, 0.2) is 67.1 Å². The number of carbonyl (C=O) groups is 2. The normalized spacial score (nSPS) is 13.5. The first-order valence-corrected chi connectivity index (χ1v) is 13.9. The third-order valence-corrected chi connectivity index (χ3v) is 7.40. The van der Waals surface area contributed by atoms with Crippen LogP contribution in [0.4, 0.5) is 40.8 Å². The molecule has 0 saturated heterocycles. The SMILES string of the molecule is CCC(Nc1cc(F)c(C(=O)NC(Cc2ccc(-c3ncc4ccccc4c3C(F)(F)F)c3nccn23)C(=O)O)c(F)c1)C(F)(F)F. The summed E-state index contributed by atoms with van der Waals surface area (Å²) >= 11 is 0.